The van der Waals surface area contributed by atoms with Crippen LogP contribution >= 0.6 is 11.6 Å². The first kappa shape index (κ1) is 17.0. The van der Waals surface area contributed by atoms with Gasteiger partial charge in [-0.05, 0) is 18.2 Å². The van der Waals surface area contributed by atoms with E-state index in [0.29, 0.717) is 35.2 Å². The number of carboxylic acids is 1. The zero-order valence-corrected chi connectivity index (χ0v) is 12.4. The molecule has 0 atom stereocenters. The summed E-state index contributed by atoms with van der Waals surface area (Å²) in [6.45, 7) is 2.05. The van der Waals surface area contributed by atoms with E-state index in [2.05, 4.69) is 5.32 Å². The summed E-state index contributed by atoms with van der Waals surface area (Å²) in [6, 6.07) is 3.06. The lowest BCUT2D eigenvalue weighted by atomic mass is 10.1. The molecule has 1 rings (SSSR count). The van der Waals surface area contributed by atoms with Gasteiger partial charge in [-0.25, -0.2) is 4.79 Å². The largest absolute Gasteiger partial charge is 0.490 e. The van der Waals surface area contributed by atoms with Crippen LogP contribution in [0, 0.1) is 0 Å². The van der Waals surface area contributed by atoms with E-state index in [-0.39, 0.29) is 5.91 Å². The van der Waals surface area contributed by atoms with Crippen LogP contribution in [-0.2, 0) is 14.3 Å². The molecule has 0 aromatic heterocycles. The van der Waals surface area contributed by atoms with Crippen LogP contribution in [0.3, 0.4) is 0 Å². The number of carbonyl (C=O) groups is 2. The van der Waals surface area contributed by atoms with Crippen molar-refractivity contribution >= 4 is 35.2 Å². The number of methoxy groups -OCH3 is 1. The Morgan fingerprint density at radius 3 is 2.67 bits per heavy atom. The molecule has 2 N–H and O–H groups in total. The maximum atomic E-state index is 11.2. The van der Waals surface area contributed by atoms with E-state index < -0.39 is 5.97 Å². The molecule has 6 nitrogen and oxygen atoms in total. The van der Waals surface area contributed by atoms with E-state index in [1.54, 1.807) is 13.2 Å². The predicted molar refractivity (Wildman–Crippen MR) is 79.8 cm³/mol. The van der Waals surface area contributed by atoms with Gasteiger partial charge in [0.15, 0.2) is 0 Å². The Hall–Kier alpha value is -2.05. The molecule has 0 saturated carbocycles. The molecule has 0 fully saturated rings. The summed E-state index contributed by atoms with van der Waals surface area (Å²) in [5.41, 5.74) is 0.883. The Bertz CT molecular complexity index is 557. The number of carboxylic acid groups (broad SMARTS) is 1. The number of rotatable bonds is 7. The number of nitrogens with one attached hydrogen (secondary N) is 1. The van der Waals surface area contributed by atoms with Crippen molar-refractivity contribution in [3.8, 4) is 5.75 Å². The Kier molecular flexibility index (Phi) is 6.71. The van der Waals surface area contributed by atoms with Crippen LogP contribution in [0.2, 0.25) is 5.02 Å². The molecule has 1 aromatic carbocycles. The average molecular weight is 314 g/mol. The van der Waals surface area contributed by atoms with Gasteiger partial charge in [0.2, 0.25) is 5.91 Å². The molecule has 21 heavy (non-hydrogen) atoms. The molecule has 0 unspecified atom stereocenters. The van der Waals surface area contributed by atoms with Crippen LogP contribution in [0.1, 0.15) is 12.5 Å². The monoisotopic (exact) mass is 313 g/mol. The lowest BCUT2D eigenvalue weighted by molar-refractivity contribution is -0.131. The number of hydrogen-bond acceptors (Lipinski definition) is 4. The quantitative estimate of drug-likeness (QED) is 0.596. The molecule has 0 aliphatic rings. The Labute approximate surface area is 127 Å². The fraction of sp³-hybridized carbons (Fsp3) is 0.286. The van der Waals surface area contributed by atoms with Crippen LogP contribution in [0.15, 0.2) is 18.2 Å². The summed E-state index contributed by atoms with van der Waals surface area (Å²) in [6.07, 6.45) is 2.32. The number of aliphatic carboxylic acids is 1. The Balaban J connectivity index is 3.10. The third-order valence-corrected chi connectivity index (χ3v) is 2.66. The van der Waals surface area contributed by atoms with E-state index >= 15 is 0 Å². The second kappa shape index (κ2) is 8.28. The number of halogens is 1. The molecular formula is C14H16ClNO5. The Morgan fingerprint density at radius 2 is 2.10 bits per heavy atom. The lowest BCUT2D eigenvalue weighted by Gasteiger charge is -2.12. The number of carbonyl (C=O) groups excluding carboxylic acids is 1. The van der Waals surface area contributed by atoms with Gasteiger partial charge in [-0.15, -0.1) is 0 Å². The minimum atomic E-state index is -1.10. The number of ether oxygens (including phenoxy) is 2. The maximum absolute atomic E-state index is 11.2. The van der Waals surface area contributed by atoms with Crippen LogP contribution in [0.5, 0.6) is 5.75 Å². The van der Waals surface area contributed by atoms with E-state index in [9.17, 15) is 9.59 Å². The van der Waals surface area contributed by atoms with Gasteiger partial charge in [0.25, 0.3) is 0 Å². The minimum absolute atomic E-state index is 0.288. The Morgan fingerprint density at radius 1 is 1.38 bits per heavy atom. The van der Waals surface area contributed by atoms with E-state index in [1.807, 2.05) is 0 Å². The molecule has 1 aromatic rings. The molecule has 0 radical (unpaired) electrons. The van der Waals surface area contributed by atoms with Gasteiger partial charge >= 0.3 is 5.97 Å². The van der Waals surface area contributed by atoms with E-state index in [4.69, 9.17) is 26.2 Å². The highest BCUT2D eigenvalue weighted by Crippen LogP contribution is 2.32. The van der Waals surface area contributed by atoms with Gasteiger partial charge < -0.3 is 19.9 Å². The maximum Gasteiger partial charge on any atom is 0.328 e. The van der Waals surface area contributed by atoms with Crippen LogP contribution in [0.25, 0.3) is 6.08 Å². The highest BCUT2D eigenvalue weighted by Gasteiger charge is 2.10. The van der Waals surface area contributed by atoms with Gasteiger partial charge in [-0.3, -0.25) is 4.79 Å². The third kappa shape index (κ3) is 5.85. The molecule has 0 saturated heterocycles. The third-order valence-electron chi connectivity index (χ3n) is 2.37. The van der Waals surface area contributed by atoms with Gasteiger partial charge in [-0.1, -0.05) is 11.6 Å². The second-order valence-electron chi connectivity index (χ2n) is 4.06. The van der Waals surface area contributed by atoms with Crippen molar-refractivity contribution in [2.45, 2.75) is 6.92 Å². The molecule has 0 bridgehead atoms. The molecular weight excluding hydrogens is 298 g/mol. The van der Waals surface area contributed by atoms with Crippen LogP contribution in [-0.4, -0.2) is 37.3 Å². The molecule has 0 spiro atoms. The number of benzene rings is 1. The standard InChI is InChI=1S/C14H16ClNO5/c1-9(17)16-12-8-11(15)13(21-6-5-20-2)7-10(12)3-4-14(18)19/h3-4,7-8H,5-6H2,1-2H3,(H,16,17)(H,18,19)/b4-3+. The predicted octanol–water partition coefficient (Wildman–Crippen LogP) is 2.42. The number of hydrogen-bond donors (Lipinski definition) is 2. The van der Waals surface area contributed by atoms with Crippen molar-refractivity contribution in [3.05, 3.63) is 28.8 Å². The SMILES string of the molecule is COCCOc1cc(/C=C/C(=O)O)c(NC(C)=O)cc1Cl. The van der Waals surface area contributed by atoms with Crippen molar-refractivity contribution < 1.29 is 24.2 Å². The average Bonchev–Trinajstić information content (AvgIpc) is 2.39. The zero-order valence-electron chi connectivity index (χ0n) is 11.7. The summed E-state index contributed by atoms with van der Waals surface area (Å²) in [5, 5.41) is 11.6. The second-order valence-corrected chi connectivity index (χ2v) is 4.47. The molecule has 0 heterocycles. The summed E-state index contributed by atoms with van der Waals surface area (Å²) < 4.78 is 10.3. The number of amides is 1. The van der Waals surface area contributed by atoms with Gasteiger partial charge in [0, 0.05) is 31.4 Å². The first-order chi connectivity index (χ1) is 9.93. The highest BCUT2D eigenvalue weighted by molar-refractivity contribution is 6.32. The van der Waals surface area contributed by atoms with Crippen LogP contribution in [0.4, 0.5) is 5.69 Å². The molecule has 0 aliphatic carbocycles. The van der Waals surface area contributed by atoms with Crippen molar-refractivity contribution in [1.82, 2.24) is 0 Å². The number of anilines is 1. The normalized spacial score (nSPS) is 10.6. The summed E-state index contributed by atoms with van der Waals surface area (Å²) in [7, 11) is 1.55. The minimum Gasteiger partial charge on any atom is -0.490 e. The van der Waals surface area contributed by atoms with Gasteiger partial charge in [0.1, 0.15) is 12.4 Å². The summed E-state index contributed by atoms with van der Waals surface area (Å²) in [4.78, 5) is 21.8. The van der Waals surface area contributed by atoms with Crippen LogP contribution < -0.4 is 10.1 Å². The zero-order chi connectivity index (χ0) is 15.8. The smallest absolute Gasteiger partial charge is 0.328 e. The van der Waals surface area contributed by atoms with Crippen molar-refractivity contribution in [2.24, 2.45) is 0 Å². The first-order valence-corrected chi connectivity index (χ1v) is 6.45. The lowest BCUT2D eigenvalue weighted by Crippen LogP contribution is -2.08. The van der Waals surface area contributed by atoms with E-state index in [0.717, 1.165) is 6.08 Å². The van der Waals surface area contributed by atoms with E-state index in [1.165, 1.54) is 19.1 Å². The van der Waals surface area contributed by atoms with Gasteiger partial charge in [0.05, 0.1) is 11.6 Å². The molecule has 0 aliphatic heterocycles. The molecule has 114 valence electrons. The van der Waals surface area contributed by atoms with Crippen molar-refractivity contribution in [1.29, 1.82) is 0 Å². The fourth-order valence-electron chi connectivity index (χ4n) is 1.51. The first-order valence-electron chi connectivity index (χ1n) is 6.08. The van der Waals surface area contributed by atoms with Crippen molar-refractivity contribution in [2.75, 3.05) is 25.6 Å². The summed E-state index contributed by atoms with van der Waals surface area (Å²) in [5.74, 6) is -1.00. The molecule has 1 amide bonds. The highest BCUT2D eigenvalue weighted by atomic mass is 35.5. The summed E-state index contributed by atoms with van der Waals surface area (Å²) >= 11 is 6.07. The fourth-order valence-corrected chi connectivity index (χ4v) is 1.73. The topological polar surface area (TPSA) is 84.9 Å². The van der Waals surface area contributed by atoms with Crippen molar-refractivity contribution in [3.63, 3.8) is 0 Å². The van der Waals surface area contributed by atoms with Gasteiger partial charge in [-0.2, -0.15) is 0 Å². The molecule has 7 heteroatoms.